The summed E-state index contributed by atoms with van der Waals surface area (Å²) in [6.45, 7) is 3.47. The van der Waals surface area contributed by atoms with Crippen molar-refractivity contribution in [3.8, 4) is 0 Å². The number of hydrogen-bond acceptors (Lipinski definition) is 5. The van der Waals surface area contributed by atoms with Crippen LogP contribution in [0.5, 0.6) is 0 Å². The lowest BCUT2D eigenvalue weighted by Gasteiger charge is -2.19. The molecule has 51 heavy (non-hydrogen) atoms. The Kier molecular flexibility index (Phi) is 11.2. The quantitative estimate of drug-likeness (QED) is 0.0885. The highest BCUT2D eigenvalue weighted by atomic mass is 32.2. The van der Waals surface area contributed by atoms with Gasteiger partial charge < -0.3 is 31.2 Å². The summed E-state index contributed by atoms with van der Waals surface area (Å²) >= 11 is 1.46. The summed E-state index contributed by atoms with van der Waals surface area (Å²) in [5, 5.41) is 15.1. The van der Waals surface area contributed by atoms with Gasteiger partial charge in [-0.1, -0.05) is 109 Å². The zero-order valence-corrected chi connectivity index (χ0v) is 29.2. The van der Waals surface area contributed by atoms with E-state index in [0.29, 0.717) is 13.1 Å². The number of carbonyl (C=O) groups excluding carboxylic acids is 4. The van der Waals surface area contributed by atoms with Gasteiger partial charge in [0.05, 0.1) is 10.1 Å². The van der Waals surface area contributed by atoms with E-state index in [4.69, 9.17) is 0 Å². The summed E-state index contributed by atoms with van der Waals surface area (Å²) in [5.74, 6) is -1.20. The molecule has 0 spiro atoms. The van der Waals surface area contributed by atoms with E-state index in [1.165, 1.54) is 25.6 Å². The lowest BCUT2D eigenvalue weighted by molar-refractivity contribution is -0.128. The minimum Gasteiger partial charge on any atom is -0.350 e. The number of aromatic nitrogens is 2. The number of carbonyl (C=O) groups is 4. The molecule has 4 aromatic carbocycles. The van der Waals surface area contributed by atoms with Gasteiger partial charge in [0.2, 0.25) is 23.6 Å². The smallest absolute Gasteiger partial charge is 0.243 e. The van der Waals surface area contributed by atoms with E-state index in [1.54, 1.807) is 0 Å². The molecule has 260 valence electrons. The van der Waals surface area contributed by atoms with Crippen molar-refractivity contribution in [1.82, 2.24) is 31.2 Å². The number of amides is 4. The Morgan fingerprint density at radius 3 is 1.31 bits per heavy atom. The lowest BCUT2D eigenvalue weighted by atomic mass is 10.0. The normalized spacial score (nSPS) is 12.3. The van der Waals surface area contributed by atoms with Gasteiger partial charge in [-0.05, 0) is 34.4 Å². The summed E-state index contributed by atoms with van der Waals surface area (Å²) in [4.78, 5) is 58.8. The Morgan fingerprint density at radius 2 is 0.922 bits per heavy atom. The minimum atomic E-state index is -0.829. The maximum atomic E-state index is 13.6. The molecule has 2 heterocycles. The summed E-state index contributed by atoms with van der Waals surface area (Å²) in [7, 11) is 0. The fraction of sp³-hybridized carbons (Fsp3) is 0.200. The van der Waals surface area contributed by atoms with Crippen LogP contribution in [0.3, 0.4) is 0 Å². The van der Waals surface area contributed by atoms with Crippen molar-refractivity contribution in [3.63, 3.8) is 0 Å². The SMILES string of the molecule is CC(=O)NC(Cc1c(Sc2[nH]c3ccccc3c2CC(NC(C)=O)C(=O)NCc2ccccc2)[nH]c2ccccc12)C(=O)NCc1ccccc1. The Bertz CT molecular complexity index is 2010. The van der Waals surface area contributed by atoms with Crippen LogP contribution in [0, 0.1) is 0 Å². The number of H-pyrrole nitrogens is 2. The van der Waals surface area contributed by atoms with Gasteiger partial charge in [0.25, 0.3) is 0 Å². The highest BCUT2D eigenvalue weighted by Gasteiger charge is 2.27. The molecule has 2 aromatic heterocycles. The minimum absolute atomic E-state index is 0.235. The first kappa shape index (κ1) is 35.0. The molecular weight excluding hydrogens is 661 g/mol. The van der Waals surface area contributed by atoms with E-state index in [-0.39, 0.29) is 36.5 Å². The van der Waals surface area contributed by atoms with Gasteiger partial charge in [0.15, 0.2) is 0 Å². The van der Waals surface area contributed by atoms with Gasteiger partial charge in [-0.2, -0.15) is 0 Å². The fourth-order valence-electron chi connectivity index (χ4n) is 6.17. The number of fused-ring (bicyclic) bond motifs is 2. The van der Waals surface area contributed by atoms with Crippen LogP contribution in [0.4, 0.5) is 0 Å². The van der Waals surface area contributed by atoms with E-state index >= 15 is 0 Å². The fourth-order valence-corrected chi connectivity index (χ4v) is 7.33. The standard InChI is InChI=1S/C40H40N6O4S/c1-25(47)43-35(37(49)41-23-27-13-5-3-6-14-27)21-31-29-17-9-11-19-33(29)45-39(31)51-40-32(30-18-10-12-20-34(30)46-40)22-36(44-26(2)48)38(50)42-24-28-15-7-4-8-16-28/h3-20,35-36,45-46H,21-24H2,1-2H3,(H,41,49)(H,42,50)(H,43,47)(H,44,48). The predicted octanol–water partition coefficient (Wildman–Crippen LogP) is 5.53. The summed E-state index contributed by atoms with van der Waals surface area (Å²) in [6.07, 6.45) is 0.469. The molecule has 0 bridgehead atoms. The van der Waals surface area contributed by atoms with Crippen LogP contribution in [0.1, 0.15) is 36.1 Å². The Labute approximate surface area is 300 Å². The van der Waals surface area contributed by atoms with Crippen LogP contribution in [-0.2, 0) is 45.1 Å². The highest BCUT2D eigenvalue weighted by Crippen LogP contribution is 2.39. The largest absolute Gasteiger partial charge is 0.350 e. The number of rotatable bonds is 14. The maximum absolute atomic E-state index is 13.6. The second-order valence-corrected chi connectivity index (χ2v) is 13.4. The summed E-state index contributed by atoms with van der Waals surface area (Å²) < 4.78 is 0. The topological polar surface area (TPSA) is 148 Å². The van der Waals surface area contributed by atoms with Crippen LogP contribution in [-0.4, -0.2) is 45.7 Å². The second kappa shape index (κ2) is 16.3. The average molecular weight is 701 g/mol. The molecule has 0 fully saturated rings. The summed E-state index contributed by atoms with van der Waals surface area (Å²) in [5.41, 5.74) is 5.41. The molecule has 6 rings (SSSR count). The molecule has 0 saturated carbocycles. The molecule has 6 aromatic rings. The molecule has 4 amide bonds. The average Bonchev–Trinajstić information content (AvgIpc) is 3.66. The first-order valence-corrected chi connectivity index (χ1v) is 17.6. The molecule has 0 saturated heterocycles. The lowest BCUT2D eigenvalue weighted by Crippen LogP contribution is -2.47. The summed E-state index contributed by atoms with van der Waals surface area (Å²) in [6, 6.07) is 33.3. The number of aromatic amines is 2. The number of nitrogens with one attached hydrogen (secondary N) is 6. The van der Waals surface area contributed by atoms with Crippen molar-refractivity contribution in [2.24, 2.45) is 0 Å². The molecule has 6 N–H and O–H groups in total. The molecule has 2 atom stereocenters. The van der Waals surface area contributed by atoms with Crippen LogP contribution >= 0.6 is 11.8 Å². The van der Waals surface area contributed by atoms with E-state index in [9.17, 15) is 19.2 Å². The zero-order valence-electron chi connectivity index (χ0n) is 28.4. The third-order valence-electron chi connectivity index (χ3n) is 8.58. The molecule has 10 nitrogen and oxygen atoms in total. The van der Waals surface area contributed by atoms with E-state index in [2.05, 4.69) is 31.2 Å². The van der Waals surface area contributed by atoms with Gasteiger partial charge in [0, 0.05) is 61.6 Å². The third kappa shape index (κ3) is 8.87. The van der Waals surface area contributed by atoms with E-state index < -0.39 is 12.1 Å². The van der Waals surface area contributed by atoms with Crippen molar-refractivity contribution < 1.29 is 19.2 Å². The van der Waals surface area contributed by atoms with Crippen molar-refractivity contribution in [2.45, 2.75) is 61.9 Å². The first-order chi connectivity index (χ1) is 24.7. The van der Waals surface area contributed by atoms with Gasteiger partial charge in [-0.15, -0.1) is 0 Å². The third-order valence-corrected chi connectivity index (χ3v) is 9.68. The molecular formula is C40H40N6O4S. The number of benzene rings is 4. The van der Waals surface area contributed by atoms with Gasteiger partial charge in [-0.25, -0.2) is 0 Å². The van der Waals surface area contributed by atoms with Crippen molar-refractivity contribution in [3.05, 3.63) is 131 Å². The van der Waals surface area contributed by atoms with E-state index in [0.717, 1.165) is 54.1 Å². The van der Waals surface area contributed by atoms with Crippen LogP contribution in [0.2, 0.25) is 0 Å². The second-order valence-electron chi connectivity index (χ2n) is 12.4. The van der Waals surface area contributed by atoms with Gasteiger partial charge in [-0.3, -0.25) is 19.2 Å². The van der Waals surface area contributed by atoms with E-state index in [1.807, 2.05) is 109 Å². The monoisotopic (exact) mass is 700 g/mol. The van der Waals surface area contributed by atoms with Crippen LogP contribution < -0.4 is 21.3 Å². The Balaban J connectivity index is 1.31. The highest BCUT2D eigenvalue weighted by molar-refractivity contribution is 7.99. The maximum Gasteiger partial charge on any atom is 0.243 e. The van der Waals surface area contributed by atoms with Crippen LogP contribution in [0.25, 0.3) is 21.8 Å². The van der Waals surface area contributed by atoms with Gasteiger partial charge >= 0.3 is 0 Å². The predicted molar refractivity (Wildman–Crippen MR) is 200 cm³/mol. The molecule has 0 radical (unpaired) electrons. The number of hydrogen-bond donors (Lipinski definition) is 6. The van der Waals surface area contributed by atoms with Crippen molar-refractivity contribution >= 4 is 57.2 Å². The molecule has 2 unspecified atom stereocenters. The first-order valence-electron chi connectivity index (χ1n) is 16.8. The number of para-hydroxylation sites is 2. The van der Waals surface area contributed by atoms with Gasteiger partial charge in [0.1, 0.15) is 12.1 Å². The Morgan fingerprint density at radius 1 is 0.549 bits per heavy atom. The Hall–Kier alpha value is -5.81. The molecule has 0 aliphatic rings. The molecule has 0 aliphatic carbocycles. The van der Waals surface area contributed by atoms with Crippen LogP contribution in [0.15, 0.2) is 119 Å². The van der Waals surface area contributed by atoms with Crippen molar-refractivity contribution in [2.75, 3.05) is 0 Å². The van der Waals surface area contributed by atoms with Crippen molar-refractivity contribution in [1.29, 1.82) is 0 Å². The zero-order chi connectivity index (χ0) is 35.7. The molecule has 11 heteroatoms. The molecule has 0 aliphatic heterocycles.